The van der Waals surface area contributed by atoms with Crippen molar-refractivity contribution in [3.8, 4) is 11.5 Å². The van der Waals surface area contributed by atoms with Crippen LogP contribution in [0.1, 0.15) is 18.9 Å². The molecule has 4 aromatic rings. The van der Waals surface area contributed by atoms with Crippen molar-refractivity contribution < 1.29 is 14.0 Å². The van der Waals surface area contributed by atoms with Crippen LogP contribution in [0, 0.1) is 6.92 Å². The monoisotopic (exact) mass is 463 g/mol. The van der Waals surface area contributed by atoms with Gasteiger partial charge < -0.3 is 19.6 Å². The van der Waals surface area contributed by atoms with Crippen molar-refractivity contribution in [1.82, 2.24) is 20.1 Å². The first-order chi connectivity index (χ1) is 16.0. The average molecular weight is 464 g/mol. The number of para-hydroxylation sites is 2. The summed E-state index contributed by atoms with van der Waals surface area (Å²) in [5, 5.41) is 12.4. The minimum atomic E-state index is -0.226. The fourth-order valence-electron chi connectivity index (χ4n) is 3.48. The van der Waals surface area contributed by atoms with E-state index >= 15 is 0 Å². The molecule has 0 aliphatic carbocycles. The minimum Gasteiger partial charge on any atom is -0.411 e. The van der Waals surface area contributed by atoms with E-state index in [0.717, 1.165) is 34.1 Å². The smallest absolute Gasteiger partial charge is 0.277 e. The average Bonchev–Trinajstić information content (AvgIpc) is 3.45. The first-order valence-corrected chi connectivity index (χ1v) is 11.7. The number of carbonyl (C=O) groups excluding carboxylic acids is 2. The third-order valence-electron chi connectivity index (χ3n) is 5.15. The normalized spacial score (nSPS) is 11.0. The second-order valence-corrected chi connectivity index (χ2v) is 8.51. The van der Waals surface area contributed by atoms with Crippen LogP contribution in [-0.2, 0) is 9.59 Å². The lowest BCUT2D eigenvalue weighted by Gasteiger charge is -2.21. The Morgan fingerprint density at radius 1 is 1.12 bits per heavy atom. The van der Waals surface area contributed by atoms with Gasteiger partial charge in [0.1, 0.15) is 0 Å². The van der Waals surface area contributed by atoms with Crippen LogP contribution >= 0.6 is 11.8 Å². The van der Waals surface area contributed by atoms with Crippen molar-refractivity contribution in [3.05, 3.63) is 60.3 Å². The molecule has 0 radical (unpaired) electrons. The van der Waals surface area contributed by atoms with Crippen LogP contribution in [0.2, 0.25) is 0 Å². The number of hydrogen-bond acceptors (Lipinski definition) is 6. The maximum atomic E-state index is 12.8. The van der Waals surface area contributed by atoms with E-state index in [0.29, 0.717) is 17.7 Å². The number of rotatable bonds is 9. The van der Waals surface area contributed by atoms with E-state index in [-0.39, 0.29) is 24.1 Å². The molecule has 9 heteroatoms. The third-order valence-corrected chi connectivity index (χ3v) is 5.95. The zero-order valence-corrected chi connectivity index (χ0v) is 19.3. The van der Waals surface area contributed by atoms with Crippen molar-refractivity contribution in [3.63, 3.8) is 0 Å². The molecule has 0 saturated heterocycles. The maximum absolute atomic E-state index is 12.8. The maximum Gasteiger partial charge on any atom is 0.277 e. The summed E-state index contributed by atoms with van der Waals surface area (Å²) < 4.78 is 5.77. The van der Waals surface area contributed by atoms with Crippen molar-refractivity contribution in [2.45, 2.75) is 25.5 Å². The zero-order valence-electron chi connectivity index (χ0n) is 18.5. The van der Waals surface area contributed by atoms with Gasteiger partial charge in [-0.3, -0.25) is 9.59 Å². The summed E-state index contributed by atoms with van der Waals surface area (Å²) in [4.78, 5) is 30.1. The number of nitrogens with one attached hydrogen (secondary N) is 2. The minimum absolute atomic E-state index is 0.00795. The van der Waals surface area contributed by atoms with E-state index in [1.165, 1.54) is 11.8 Å². The fourth-order valence-corrected chi connectivity index (χ4v) is 4.14. The van der Waals surface area contributed by atoms with Gasteiger partial charge in [0, 0.05) is 29.3 Å². The van der Waals surface area contributed by atoms with Crippen LogP contribution in [-0.4, -0.2) is 50.7 Å². The summed E-state index contributed by atoms with van der Waals surface area (Å²) in [5.41, 5.74) is 3.51. The van der Waals surface area contributed by atoms with Crippen molar-refractivity contribution >= 4 is 40.2 Å². The molecule has 170 valence electrons. The van der Waals surface area contributed by atoms with E-state index < -0.39 is 0 Å². The largest absolute Gasteiger partial charge is 0.411 e. The summed E-state index contributed by atoms with van der Waals surface area (Å²) in [6, 6.07) is 15.4. The molecule has 2 heterocycles. The molecule has 0 aliphatic rings. The molecule has 8 nitrogen and oxygen atoms in total. The summed E-state index contributed by atoms with van der Waals surface area (Å²) in [6.07, 6.45) is 2.58. The molecule has 4 rings (SSSR count). The Morgan fingerprint density at radius 2 is 1.91 bits per heavy atom. The van der Waals surface area contributed by atoms with Gasteiger partial charge in [0.15, 0.2) is 0 Å². The molecule has 0 bridgehead atoms. The Labute approximate surface area is 195 Å². The standard InChI is InChI=1S/C24H25N5O3S/c1-3-12-29(14-21(30)26-19-10-6-4-8-16(19)2)22(31)15-33-24-28-27-23(32-24)18-13-25-20-11-7-5-9-17(18)20/h4-11,13,25H,3,12,14-15H2,1-2H3,(H,26,30). The first kappa shape index (κ1) is 22.6. The van der Waals surface area contributed by atoms with Gasteiger partial charge in [-0.15, -0.1) is 10.2 Å². The molecule has 33 heavy (non-hydrogen) atoms. The zero-order chi connectivity index (χ0) is 23.2. The number of fused-ring (bicyclic) bond motifs is 1. The highest BCUT2D eigenvalue weighted by Gasteiger charge is 2.19. The number of anilines is 1. The Morgan fingerprint density at radius 3 is 2.73 bits per heavy atom. The Bertz CT molecular complexity index is 1270. The Hall–Kier alpha value is -3.59. The van der Waals surface area contributed by atoms with Crippen molar-refractivity contribution in [2.24, 2.45) is 0 Å². The molecule has 0 aliphatic heterocycles. The van der Waals surface area contributed by atoms with E-state index in [2.05, 4.69) is 20.5 Å². The predicted molar refractivity (Wildman–Crippen MR) is 129 cm³/mol. The van der Waals surface area contributed by atoms with Crippen LogP contribution in [0.4, 0.5) is 5.69 Å². The molecule has 0 spiro atoms. The Balaban J connectivity index is 1.36. The molecular weight excluding hydrogens is 438 g/mol. The third kappa shape index (κ3) is 5.43. The van der Waals surface area contributed by atoms with Crippen LogP contribution in [0.3, 0.4) is 0 Å². The topological polar surface area (TPSA) is 104 Å². The van der Waals surface area contributed by atoms with Gasteiger partial charge in [0.05, 0.1) is 17.9 Å². The number of benzene rings is 2. The summed E-state index contributed by atoms with van der Waals surface area (Å²) in [6.45, 7) is 4.38. The Kier molecular flexibility index (Phi) is 7.09. The quantitative estimate of drug-likeness (QED) is 0.354. The van der Waals surface area contributed by atoms with Crippen LogP contribution in [0.25, 0.3) is 22.4 Å². The molecule has 0 unspecified atom stereocenters. The van der Waals surface area contributed by atoms with Gasteiger partial charge in [-0.05, 0) is 31.0 Å². The number of hydrogen-bond donors (Lipinski definition) is 2. The van der Waals surface area contributed by atoms with Gasteiger partial charge in [-0.1, -0.05) is 55.1 Å². The van der Waals surface area contributed by atoms with Crippen molar-refractivity contribution in [1.29, 1.82) is 0 Å². The molecule has 2 aromatic heterocycles. The highest BCUT2D eigenvalue weighted by molar-refractivity contribution is 7.99. The molecule has 2 amide bonds. The van der Waals surface area contributed by atoms with E-state index in [4.69, 9.17) is 4.42 Å². The predicted octanol–water partition coefficient (Wildman–Crippen LogP) is 4.50. The molecule has 2 aromatic carbocycles. The number of aromatic amines is 1. The van der Waals surface area contributed by atoms with Crippen LogP contribution in [0.5, 0.6) is 0 Å². The molecule has 0 atom stereocenters. The summed E-state index contributed by atoms with van der Waals surface area (Å²) >= 11 is 1.17. The number of amides is 2. The SMILES string of the molecule is CCCN(CC(=O)Nc1ccccc1C)C(=O)CSc1nnc(-c2c[nH]c3ccccc23)o1. The van der Waals surface area contributed by atoms with Gasteiger partial charge in [0.2, 0.25) is 11.8 Å². The summed E-state index contributed by atoms with van der Waals surface area (Å²) in [5.74, 6) is 0.113. The number of aromatic nitrogens is 3. The molecule has 2 N–H and O–H groups in total. The van der Waals surface area contributed by atoms with Gasteiger partial charge in [-0.2, -0.15) is 0 Å². The number of aryl methyl sites for hydroxylation is 1. The molecular formula is C24H25N5O3S. The van der Waals surface area contributed by atoms with Crippen LogP contribution < -0.4 is 5.32 Å². The van der Waals surface area contributed by atoms with E-state index in [9.17, 15) is 9.59 Å². The number of H-pyrrole nitrogens is 1. The van der Waals surface area contributed by atoms with Crippen molar-refractivity contribution in [2.75, 3.05) is 24.2 Å². The lowest BCUT2D eigenvalue weighted by molar-refractivity contribution is -0.132. The second-order valence-electron chi connectivity index (χ2n) is 7.59. The van der Waals surface area contributed by atoms with Crippen LogP contribution in [0.15, 0.2) is 64.4 Å². The number of thioether (sulfide) groups is 1. The lowest BCUT2D eigenvalue weighted by atomic mass is 10.2. The van der Waals surface area contributed by atoms with E-state index in [1.807, 2.05) is 68.6 Å². The molecule has 0 fully saturated rings. The highest BCUT2D eigenvalue weighted by Crippen LogP contribution is 2.29. The second kappa shape index (κ2) is 10.4. The first-order valence-electron chi connectivity index (χ1n) is 10.7. The van der Waals surface area contributed by atoms with Gasteiger partial charge >= 0.3 is 0 Å². The van der Waals surface area contributed by atoms with Gasteiger partial charge in [0.25, 0.3) is 11.1 Å². The molecule has 0 saturated carbocycles. The lowest BCUT2D eigenvalue weighted by Crippen LogP contribution is -2.39. The number of carbonyl (C=O) groups is 2. The highest BCUT2D eigenvalue weighted by atomic mass is 32.2. The summed E-state index contributed by atoms with van der Waals surface area (Å²) in [7, 11) is 0. The van der Waals surface area contributed by atoms with Gasteiger partial charge in [-0.25, -0.2) is 0 Å². The number of nitrogens with zero attached hydrogens (tertiary/aromatic N) is 3. The fraction of sp³-hybridized carbons (Fsp3) is 0.250. The van der Waals surface area contributed by atoms with E-state index in [1.54, 1.807) is 4.90 Å².